The van der Waals surface area contributed by atoms with Crippen LogP contribution < -0.4 is 4.90 Å². The molecule has 0 aliphatic carbocycles. The van der Waals surface area contributed by atoms with Crippen LogP contribution in [0.2, 0.25) is 5.02 Å². The van der Waals surface area contributed by atoms with E-state index in [9.17, 15) is 4.79 Å². The number of aromatic nitrogens is 1. The quantitative estimate of drug-likeness (QED) is 0.697. The van der Waals surface area contributed by atoms with E-state index in [4.69, 9.17) is 11.6 Å². The van der Waals surface area contributed by atoms with E-state index in [0.717, 1.165) is 18.5 Å². The Morgan fingerprint density at radius 3 is 2.67 bits per heavy atom. The summed E-state index contributed by atoms with van der Waals surface area (Å²) in [6.45, 7) is 3.14. The predicted octanol–water partition coefficient (Wildman–Crippen LogP) is 3.91. The summed E-state index contributed by atoms with van der Waals surface area (Å²) in [5, 5.41) is 4.79. The third-order valence-corrected chi connectivity index (χ3v) is 5.59. The molecular weight excluding hydrogens is 342 g/mol. The first-order valence-electron chi connectivity index (χ1n) is 7.85. The number of benzene rings is 1. The summed E-state index contributed by atoms with van der Waals surface area (Å²) in [5.41, 5.74) is 1.30. The van der Waals surface area contributed by atoms with Gasteiger partial charge in [-0.3, -0.25) is 9.78 Å². The summed E-state index contributed by atoms with van der Waals surface area (Å²) in [6.07, 6.45) is 1.70. The maximum absolute atomic E-state index is 12.9. The molecule has 0 bridgehead atoms. The number of carbonyl (C=O) groups excluding carboxylic acids is 1. The Labute approximate surface area is 149 Å². The number of amides is 1. The second-order valence-corrected chi connectivity index (χ2v) is 7.06. The van der Waals surface area contributed by atoms with Crippen molar-refractivity contribution in [2.45, 2.75) is 0 Å². The van der Waals surface area contributed by atoms with Gasteiger partial charge in [0.15, 0.2) is 0 Å². The van der Waals surface area contributed by atoms with Crippen molar-refractivity contribution < 1.29 is 4.79 Å². The molecule has 0 unspecified atom stereocenters. The van der Waals surface area contributed by atoms with Gasteiger partial charge in [-0.15, -0.1) is 11.3 Å². The van der Waals surface area contributed by atoms with Crippen molar-refractivity contribution in [3.8, 4) is 0 Å². The molecule has 0 radical (unpaired) electrons. The first kappa shape index (κ1) is 15.4. The lowest BCUT2D eigenvalue weighted by atomic mass is 10.1. The van der Waals surface area contributed by atoms with E-state index < -0.39 is 0 Å². The molecule has 122 valence electrons. The van der Waals surface area contributed by atoms with E-state index in [2.05, 4.69) is 27.4 Å². The lowest BCUT2D eigenvalue weighted by Crippen LogP contribution is -2.48. The fourth-order valence-electron chi connectivity index (χ4n) is 3.06. The smallest absolute Gasteiger partial charge is 0.256 e. The van der Waals surface area contributed by atoms with Crippen molar-refractivity contribution in [1.29, 1.82) is 0 Å². The number of nitrogens with zero attached hydrogens (tertiary/aromatic N) is 3. The summed E-state index contributed by atoms with van der Waals surface area (Å²) in [4.78, 5) is 21.5. The molecule has 0 atom stereocenters. The number of rotatable bonds is 2. The lowest BCUT2D eigenvalue weighted by molar-refractivity contribution is 0.0749. The van der Waals surface area contributed by atoms with Crippen LogP contribution in [0.25, 0.3) is 10.9 Å². The number of hydrogen-bond acceptors (Lipinski definition) is 4. The number of anilines is 1. The van der Waals surface area contributed by atoms with E-state index in [0.29, 0.717) is 29.2 Å². The van der Waals surface area contributed by atoms with Crippen LogP contribution in [-0.4, -0.2) is 42.0 Å². The molecule has 3 aromatic rings. The van der Waals surface area contributed by atoms with Crippen LogP contribution in [0, 0.1) is 0 Å². The molecule has 24 heavy (non-hydrogen) atoms. The molecule has 1 aromatic carbocycles. The monoisotopic (exact) mass is 357 g/mol. The number of piperazine rings is 1. The number of pyridine rings is 1. The van der Waals surface area contributed by atoms with Gasteiger partial charge in [0.2, 0.25) is 0 Å². The molecule has 4 rings (SSSR count). The van der Waals surface area contributed by atoms with Gasteiger partial charge in [0.25, 0.3) is 5.91 Å². The van der Waals surface area contributed by atoms with Crippen LogP contribution in [-0.2, 0) is 0 Å². The van der Waals surface area contributed by atoms with Gasteiger partial charge in [0, 0.05) is 37.8 Å². The minimum atomic E-state index is 0.0289. The number of fused-ring (bicyclic) bond motifs is 1. The topological polar surface area (TPSA) is 36.4 Å². The Morgan fingerprint density at radius 2 is 1.92 bits per heavy atom. The highest BCUT2D eigenvalue weighted by atomic mass is 35.5. The van der Waals surface area contributed by atoms with E-state index in [-0.39, 0.29) is 5.91 Å². The van der Waals surface area contributed by atoms with E-state index in [1.54, 1.807) is 29.7 Å². The van der Waals surface area contributed by atoms with Crippen molar-refractivity contribution in [3.05, 3.63) is 58.6 Å². The van der Waals surface area contributed by atoms with E-state index in [1.807, 2.05) is 17.0 Å². The summed E-state index contributed by atoms with van der Waals surface area (Å²) < 4.78 is 0. The Bertz CT molecular complexity index is 873. The molecule has 2 aromatic heterocycles. The molecule has 1 aliphatic rings. The molecule has 6 heteroatoms. The third-order valence-electron chi connectivity index (χ3n) is 4.33. The lowest BCUT2D eigenvalue weighted by Gasteiger charge is -2.35. The molecular formula is C18H16ClN3OS. The maximum atomic E-state index is 12.9. The van der Waals surface area contributed by atoms with Crippen molar-refractivity contribution in [2.75, 3.05) is 31.1 Å². The van der Waals surface area contributed by atoms with Crippen LogP contribution in [0.15, 0.2) is 48.0 Å². The normalized spacial score (nSPS) is 15.0. The second-order valence-electron chi connectivity index (χ2n) is 5.73. The zero-order valence-corrected chi connectivity index (χ0v) is 14.6. The van der Waals surface area contributed by atoms with Gasteiger partial charge in [-0.2, -0.15) is 0 Å². The second kappa shape index (κ2) is 6.42. The molecule has 1 aliphatic heterocycles. The molecule has 0 spiro atoms. The minimum absolute atomic E-state index is 0.0289. The van der Waals surface area contributed by atoms with Crippen molar-refractivity contribution in [3.63, 3.8) is 0 Å². The fraction of sp³-hybridized carbons (Fsp3) is 0.222. The number of carbonyl (C=O) groups is 1. The maximum Gasteiger partial charge on any atom is 0.256 e. The fourth-order valence-corrected chi connectivity index (χ4v) is 4.06. The van der Waals surface area contributed by atoms with Gasteiger partial charge in [-0.1, -0.05) is 11.6 Å². The highest BCUT2D eigenvalue weighted by Crippen LogP contribution is 2.27. The molecule has 3 heterocycles. The van der Waals surface area contributed by atoms with E-state index >= 15 is 0 Å². The minimum Gasteiger partial charge on any atom is -0.360 e. The van der Waals surface area contributed by atoms with Crippen molar-refractivity contribution >= 4 is 44.7 Å². The molecule has 4 nitrogen and oxygen atoms in total. The van der Waals surface area contributed by atoms with Crippen LogP contribution in [0.4, 0.5) is 5.00 Å². The van der Waals surface area contributed by atoms with Crippen LogP contribution in [0.5, 0.6) is 0 Å². The standard InChI is InChI=1S/C18H16ClN3OS/c19-15-6-5-14(17-13(15)3-1-7-20-17)18(23)22-10-8-21(9-11-22)16-4-2-12-24-16/h1-7,12H,8-11H2. The molecule has 0 saturated carbocycles. The van der Waals surface area contributed by atoms with Gasteiger partial charge < -0.3 is 9.80 Å². The first-order chi connectivity index (χ1) is 11.7. The predicted molar refractivity (Wildman–Crippen MR) is 99.2 cm³/mol. The van der Waals surface area contributed by atoms with E-state index in [1.165, 1.54) is 5.00 Å². The summed E-state index contributed by atoms with van der Waals surface area (Å²) >= 11 is 7.96. The highest BCUT2D eigenvalue weighted by Gasteiger charge is 2.24. The van der Waals surface area contributed by atoms with Gasteiger partial charge in [0.1, 0.15) is 0 Å². The van der Waals surface area contributed by atoms with Gasteiger partial charge in [0.05, 0.1) is 21.1 Å². The van der Waals surface area contributed by atoms with Crippen molar-refractivity contribution in [1.82, 2.24) is 9.88 Å². The summed E-state index contributed by atoms with van der Waals surface area (Å²) in [5.74, 6) is 0.0289. The average Bonchev–Trinajstić information content (AvgIpc) is 3.17. The zero-order valence-electron chi connectivity index (χ0n) is 13.0. The largest absolute Gasteiger partial charge is 0.360 e. The van der Waals surface area contributed by atoms with Gasteiger partial charge in [-0.05, 0) is 41.8 Å². The Morgan fingerprint density at radius 1 is 1.08 bits per heavy atom. The van der Waals surface area contributed by atoms with Gasteiger partial charge >= 0.3 is 0 Å². The third kappa shape index (κ3) is 2.74. The SMILES string of the molecule is O=C(c1ccc(Cl)c2cccnc12)N1CCN(c2cccs2)CC1. The molecule has 1 fully saturated rings. The van der Waals surface area contributed by atoms with Crippen LogP contribution in [0.1, 0.15) is 10.4 Å². The Balaban J connectivity index is 1.56. The summed E-state index contributed by atoms with van der Waals surface area (Å²) in [6, 6.07) is 11.5. The Kier molecular flexibility index (Phi) is 4.12. The zero-order chi connectivity index (χ0) is 16.5. The summed E-state index contributed by atoms with van der Waals surface area (Å²) in [7, 11) is 0. The molecule has 1 amide bonds. The first-order valence-corrected chi connectivity index (χ1v) is 9.11. The van der Waals surface area contributed by atoms with Crippen LogP contribution in [0.3, 0.4) is 0 Å². The number of halogens is 1. The number of hydrogen-bond donors (Lipinski definition) is 0. The Hall–Kier alpha value is -2.11. The molecule has 1 saturated heterocycles. The molecule has 0 N–H and O–H groups in total. The average molecular weight is 358 g/mol. The van der Waals surface area contributed by atoms with Crippen LogP contribution >= 0.6 is 22.9 Å². The highest BCUT2D eigenvalue weighted by molar-refractivity contribution is 7.14. The van der Waals surface area contributed by atoms with Crippen molar-refractivity contribution in [2.24, 2.45) is 0 Å². The number of thiophene rings is 1. The van der Waals surface area contributed by atoms with Gasteiger partial charge in [-0.25, -0.2) is 0 Å².